The summed E-state index contributed by atoms with van der Waals surface area (Å²) in [5.41, 5.74) is 0.716. The number of hydrogen-bond acceptors (Lipinski definition) is 0. The van der Waals surface area contributed by atoms with Crippen molar-refractivity contribution in [3.63, 3.8) is 0 Å². The Bertz CT molecular complexity index is 221. The Morgan fingerprint density at radius 2 is 2.00 bits per heavy atom. The van der Waals surface area contributed by atoms with E-state index in [9.17, 15) is 0 Å². The molecule has 0 aliphatic heterocycles. The first-order chi connectivity index (χ1) is 6.45. The average molecular weight is 275 g/mol. The second kappa shape index (κ2) is 3.62. The highest BCUT2D eigenvalue weighted by Crippen LogP contribution is 2.59. The van der Waals surface area contributed by atoms with E-state index >= 15 is 0 Å². The minimum Gasteiger partial charge on any atom is -0.0922 e. The maximum Gasteiger partial charge on any atom is 0.0448 e. The van der Waals surface area contributed by atoms with E-state index in [2.05, 4.69) is 35.6 Å². The lowest BCUT2D eigenvalue weighted by Gasteiger charge is -2.40. The summed E-state index contributed by atoms with van der Waals surface area (Å²) in [5.74, 6) is 2.16. The molecule has 0 radical (unpaired) electrons. The summed E-state index contributed by atoms with van der Waals surface area (Å²) >= 11 is 3.81. The zero-order valence-electron chi connectivity index (χ0n) is 9.78. The maximum atomic E-state index is 3.81. The molecule has 0 aromatic heterocycles. The van der Waals surface area contributed by atoms with E-state index in [4.69, 9.17) is 0 Å². The van der Waals surface area contributed by atoms with Gasteiger partial charge in [0, 0.05) is 13.4 Å². The van der Waals surface area contributed by atoms with Crippen LogP contribution >= 0.6 is 15.9 Å². The fourth-order valence-corrected chi connectivity index (χ4v) is 7.96. The molecule has 2 aliphatic carbocycles. The molecule has 0 spiro atoms. The van der Waals surface area contributed by atoms with E-state index in [0.29, 0.717) is 5.41 Å². The zero-order valence-corrected chi connectivity index (χ0v) is 12.4. The lowest BCUT2D eigenvalue weighted by atomic mass is 9.76. The molecule has 3 unspecified atom stereocenters. The fraction of sp³-hybridized carbons (Fsp3) is 1.00. The van der Waals surface area contributed by atoms with Gasteiger partial charge in [-0.2, -0.15) is 0 Å². The lowest BCUT2D eigenvalue weighted by molar-refractivity contribution is 0.223. The van der Waals surface area contributed by atoms with Gasteiger partial charge in [0.25, 0.3) is 0 Å². The third kappa shape index (κ3) is 1.97. The molecule has 0 N–H and O–H groups in total. The van der Waals surface area contributed by atoms with E-state index in [1.807, 2.05) is 0 Å². The van der Waals surface area contributed by atoms with E-state index in [0.717, 1.165) is 11.8 Å². The smallest absolute Gasteiger partial charge is 0.0448 e. The highest BCUT2D eigenvalue weighted by molar-refractivity contribution is 9.09. The van der Waals surface area contributed by atoms with Gasteiger partial charge < -0.3 is 0 Å². The molecule has 0 aromatic rings. The number of alkyl halides is 1. The van der Waals surface area contributed by atoms with Gasteiger partial charge in [-0.15, -0.1) is 0 Å². The molecule has 0 aromatic carbocycles. The molecular formula is C12H23BrSi. The highest BCUT2D eigenvalue weighted by Gasteiger charge is 2.51. The predicted octanol–water partition coefficient (Wildman–Crippen LogP) is 4.53. The van der Waals surface area contributed by atoms with Gasteiger partial charge >= 0.3 is 0 Å². The van der Waals surface area contributed by atoms with Crippen LogP contribution in [0, 0.1) is 17.3 Å². The summed E-state index contributed by atoms with van der Waals surface area (Å²) in [7, 11) is -0.883. The lowest BCUT2D eigenvalue weighted by Crippen LogP contribution is -2.37. The summed E-state index contributed by atoms with van der Waals surface area (Å²) in [5, 5.41) is 1.27. The van der Waals surface area contributed by atoms with Crippen LogP contribution in [0.25, 0.3) is 0 Å². The van der Waals surface area contributed by atoms with E-state index in [1.54, 1.807) is 12.5 Å². The first-order valence-electron chi connectivity index (χ1n) is 6.01. The van der Waals surface area contributed by atoms with E-state index in [1.165, 1.54) is 24.6 Å². The Morgan fingerprint density at radius 3 is 2.36 bits per heavy atom. The minimum atomic E-state index is -0.883. The molecule has 0 amide bonds. The van der Waals surface area contributed by atoms with Gasteiger partial charge in [0.1, 0.15) is 0 Å². The molecule has 3 atom stereocenters. The molecule has 2 rings (SSSR count). The average Bonchev–Trinajstić information content (AvgIpc) is 2.60. The fourth-order valence-electron chi connectivity index (χ4n) is 4.04. The van der Waals surface area contributed by atoms with E-state index in [-0.39, 0.29) is 0 Å². The van der Waals surface area contributed by atoms with Crippen LogP contribution in [0.2, 0.25) is 25.7 Å². The van der Waals surface area contributed by atoms with Crippen LogP contribution in [0.1, 0.15) is 25.7 Å². The van der Waals surface area contributed by atoms with Crippen molar-refractivity contribution in [1.29, 1.82) is 0 Å². The van der Waals surface area contributed by atoms with Gasteiger partial charge in [-0.05, 0) is 36.5 Å². The molecule has 82 valence electrons. The summed E-state index contributed by atoms with van der Waals surface area (Å²) in [6.45, 7) is 7.59. The van der Waals surface area contributed by atoms with Crippen molar-refractivity contribution < 1.29 is 0 Å². The van der Waals surface area contributed by atoms with E-state index < -0.39 is 8.07 Å². The van der Waals surface area contributed by atoms with Crippen LogP contribution in [0.5, 0.6) is 0 Å². The van der Waals surface area contributed by atoms with Crippen LogP contribution in [0.15, 0.2) is 0 Å². The van der Waals surface area contributed by atoms with Gasteiger partial charge in [0.2, 0.25) is 0 Å². The number of hydrogen-bond donors (Lipinski definition) is 0. The Hall–Kier alpha value is 0.697. The molecule has 2 bridgehead atoms. The molecule has 2 saturated carbocycles. The first kappa shape index (κ1) is 11.2. The number of rotatable bonds is 3. The maximum absolute atomic E-state index is 3.81. The van der Waals surface area contributed by atoms with Crippen molar-refractivity contribution in [3.05, 3.63) is 0 Å². The van der Waals surface area contributed by atoms with Gasteiger partial charge in [0.15, 0.2) is 0 Å². The van der Waals surface area contributed by atoms with Crippen molar-refractivity contribution in [2.75, 3.05) is 5.33 Å². The second-order valence-corrected chi connectivity index (χ2v) is 12.8. The Morgan fingerprint density at radius 1 is 1.29 bits per heavy atom. The van der Waals surface area contributed by atoms with Crippen molar-refractivity contribution in [2.45, 2.75) is 51.4 Å². The van der Waals surface area contributed by atoms with Gasteiger partial charge in [-0.3, -0.25) is 0 Å². The van der Waals surface area contributed by atoms with Gasteiger partial charge in [-0.1, -0.05) is 48.0 Å². The number of fused-ring (bicyclic) bond motifs is 2. The molecule has 0 heterocycles. The van der Waals surface area contributed by atoms with Crippen molar-refractivity contribution >= 4 is 24.0 Å². The van der Waals surface area contributed by atoms with Crippen molar-refractivity contribution in [1.82, 2.24) is 0 Å². The SMILES string of the molecule is C[Si](C)(C)CC1(CBr)CC2CCC1C2. The van der Waals surface area contributed by atoms with Crippen LogP contribution < -0.4 is 0 Å². The largest absolute Gasteiger partial charge is 0.0922 e. The van der Waals surface area contributed by atoms with Crippen LogP contribution in [-0.4, -0.2) is 13.4 Å². The second-order valence-electron chi connectivity index (χ2n) is 6.81. The van der Waals surface area contributed by atoms with Gasteiger partial charge in [0.05, 0.1) is 0 Å². The Labute approximate surface area is 98.0 Å². The van der Waals surface area contributed by atoms with Crippen molar-refractivity contribution in [2.24, 2.45) is 17.3 Å². The Kier molecular flexibility index (Phi) is 2.89. The molecule has 2 fully saturated rings. The quantitative estimate of drug-likeness (QED) is 0.524. The molecule has 0 saturated heterocycles. The first-order valence-corrected chi connectivity index (χ1v) is 10.8. The molecular weight excluding hydrogens is 252 g/mol. The highest BCUT2D eigenvalue weighted by atomic mass is 79.9. The summed E-state index contributed by atoms with van der Waals surface area (Å²) in [6, 6.07) is 1.55. The monoisotopic (exact) mass is 274 g/mol. The minimum absolute atomic E-state index is 0.716. The van der Waals surface area contributed by atoms with Gasteiger partial charge in [-0.25, -0.2) is 0 Å². The number of halogens is 1. The van der Waals surface area contributed by atoms with Crippen LogP contribution in [0.3, 0.4) is 0 Å². The molecule has 0 nitrogen and oxygen atoms in total. The summed E-state index contributed by atoms with van der Waals surface area (Å²) in [6.07, 6.45) is 6.15. The molecule has 14 heavy (non-hydrogen) atoms. The predicted molar refractivity (Wildman–Crippen MR) is 69.8 cm³/mol. The third-order valence-electron chi connectivity index (χ3n) is 4.25. The zero-order chi connectivity index (χ0) is 10.4. The van der Waals surface area contributed by atoms with Crippen molar-refractivity contribution in [3.8, 4) is 0 Å². The summed E-state index contributed by atoms with van der Waals surface area (Å²) < 4.78 is 0. The normalized spacial score (nSPS) is 42.0. The van der Waals surface area contributed by atoms with Crippen LogP contribution in [-0.2, 0) is 0 Å². The topological polar surface area (TPSA) is 0 Å². The summed E-state index contributed by atoms with van der Waals surface area (Å²) in [4.78, 5) is 0. The standard InChI is InChI=1S/C12H23BrSi/c1-14(2,3)9-12(8-13)7-10-4-5-11(12)6-10/h10-11H,4-9H2,1-3H3. The molecule has 2 heteroatoms. The third-order valence-corrected chi connectivity index (χ3v) is 7.13. The Balaban J connectivity index is 2.11. The van der Waals surface area contributed by atoms with Crippen LogP contribution in [0.4, 0.5) is 0 Å². The molecule has 2 aliphatic rings.